The van der Waals surface area contributed by atoms with Gasteiger partial charge in [0.1, 0.15) is 5.01 Å². The van der Waals surface area contributed by atoms with E-state index in [0.717, 1.165) is 10.7 Å². The number of aromatic nitrogens is 1. The number of methoxy groups -OCH3 is 1. The van der Waals surface area contributed by atoms with Gasteiger partial charge in [0, 0.05) is 18.2 Å². The summed E-state index contributed by atoms with van der Waals surface area (Å²) in [7, 11) is 1.37. The van der Waals surface area contributed by atoms with Crippen LogP contribution in [-0.2, 0) is 9.53 Å². The van der Waals surface area contributed by atoms with Crippen molar-refractivity contribution in [2.75, 3.05) is 13.7 Å². The number of aliphatic carboxylic acids is 1. The number of ether oxygens (including phenoxy) is 1. The highest BCUT2D eigenvalue weighted by molar-refractivity contribution is 7.09. The van der Waals surface area contributed by atoms with E-state index in [4.69, 9.17) is 9.84 Å². The third-order valence-electron chi connectivity index (χ3n) is 2.29. The van der Waals surface area contributed by atoms with Crippen molar-refractivity contribution in [3.63, 3.8) is 0 Å². The molecule has 0 radical (unpaired) electrons. The van der Waals surface area contributed by atoms with Gasteiger partial charge in [0.2, 0.25) is 0 Å². The molecule has 0 aliphatic heterocycles. The fourth-order valence-electron chi connectivity index (χ4n) is 1.37. The van der Waals surface area contributed by atoms with Crippen molar-refractivity contribution in [2.45, 2.75) is 25.9 Å². The minimum Gasteiger partial charge on any atom is -0.480 e. The highest BCUT2D eigenvalue weighted by Gasteiger charge is 2.21. The molecule has 0 saturated carbocycles. The van der Waals surface area contributed by atoms with Gasteiger partial charge in [-0.05, 0) is 13.8 Å². The zero-order chi connectivity index (χ0) is 14.4. The number of carbonyl (C=O) groups excluding carboxylic acids is 1. The molecule has 7 nitrogen and oxygen atoms in total. The van der Waals surface area contributed by atoms with E-state index >= 15 is 0 Å². The number of nitrogens with zero attached hydrogens (tertiary/aromatic N) is 1. The molecule has 19 heavy (non-hydrogen) atoms. The number of carboxylic acid groups (broad SMARTS) is 1. The lowest BCUT2D eigenvalue weighted by Gasteiger charge is -2.16. The number of rotatable bonds is 6. The fourth-order valence-corrected chi connectivity index (χ4v) is 2.17. The van der Waals surface area contributed by atoms with Crippen LogP contribution in [0.4, 0.5) is 4.79 Å². The third kappa shape index (κ3) is 4.84. The van der Waals surface area contributed by atoms with Gasteiger partial charge in [0.25, 0.3) is 0 Å². The Hall–Kier alpha value is -1.67. The minimum absolute atomic E-state index is 0.0898. The van der Waals surface area contributed by atoms with Crippen molar-refractivity contribution in [2.24, 2.45) is 0 Å². The predicted octanol–water partition coefficient (Wildman–Crippen LogP) is 0.911. The Labute approximate surface area is 115 Å². The second-order valence-electron chi connectivity index (χ2n) is 4.01. The minimum atomic E-state index is -1.14. The van der Waals surface area contributed by atoms with Gasteiger partial charge in [0.05, 0.1) is 12.6 Å². The topological polar surface area (TPSA) is 101 Å². The van der Waals surface area contributed by atoms with E-state index in [0.29, 0.717) is 0 Å². The molecule has 0 saturated heterocycles. The molecule has 1 aromatic heterocycles. The zero-order valence-electron chi connectivity index (χ0n) is 11.0. The molecule has 1 aromatic rings. The maximum absolute atomic E-state index is 11.7. The summed E-state index contributed by atoms with van der Waals surface area (Å²) in [5.74, 6) is -1.14. The van der Waals surface area contributed by atoms with Crippen molar-refractivity contribution in [1.29, 1.82) is 0 Å². The van der Waals surface area contributed by atoms with Crippen LogP contribution in [0.2, 0.25) is 0 Å². The quantitative estimate of drug-likeness (QED) is 0.722. The molecule has 2 amide bonds. The van der Waals surface area contributed by atoms with Crippen LogP contribution in [0.3, 0.4) is 0 Å². The third-order valence-corrected chi connectivity index (χ3v) is 3.44. The number of carboxylic acids is 1. The lowest BCUT2D eigenvalue weighted by atomic mass is 10.3. The second kappa shape index (κ2) is 7.05. The van der Waals surface area contributed by atoms with E-state index in [-0.39, 0.29) is 12.6 Å². The van der Waals surface area contributed by atoms with Gasteiger partial charge in [-0.25, -0.2) is 14.6 Å². The van der Waals surface area contributed by atoms with Crippen LogP contribution in [0.15, 0.2) is 5.38 Å². The van der Waals surface area contributed by atoms with Gasteiger partial charge >= 0.3 is 12.0 Å². The summed E-state index contributed by atoms with van der Waals surface area (Å²) in [4.78, 5) is 26.8. The van der Waals surface area contributed by atoms with Gasteiger partial charge in [0.15, 0.2) is 6.04 Å². The molecule has 1 heterocycles. The van der Waals surface area contributed by atoms with Gasteiger partial charge in [-0.2, -0.15) is 0 Å². The van der Waals surface area contributed by atoms with E-state index in [2.05, 4.69) is 15.6 Å². The lowest BCUT2D eigenvalue weighted by Crippen LogP contribution is -2.48. The molecule has 2 unspecified atom stereocenters. The molecule has 0 aliphatic carbocycles. The molecular weight excluding hydrogens is 270 g/mol. The Morgan fingerprint density at radius 1 is 1.53 bits per heavy atom. The van der Waals surface area contributed by atoms with Gasteiger partial charge in [-0.1, -0.05) is 0 Å². The highest BCUT2D eigenvalue weighted by atomic mass is 32.1. The molecule has 0 spiro atoms. The van der Waals surface area contributed by atoms with E-state index in [9.17, 15) is 9.59 Å². The Balaban J connectivity index is 2.52. The first-order valence-corrected chi connectivity index (χ1v) is 6.52. The van der Waals surface area contributed by atoms with Crippen LogP contribution in [-0.4, -0.2) is 41.8 Å². The fraction of sp³-hybridized carbons (Fsp3) is 0.545. The molecule has 3 N–H and O–H groups in total. The molecule has 0 aliphatic rings. The van der Waals surface area contributed by atoms with Crippen molar-refractivity contribution in [3.05, 3.63) is 16.1 Å². The van der Waals surface area contributed by atoms with Gasteiger partial charge in [-0.15, -0.1) is 11.3 Å². The van der Waals surface area contributed by atoms with Crippen LogP contribution in [0.1, 0.15) is 23.7 Å². The van der Waals surface area contributed by atoms with Crippen LogP contribution < -0.4 is 10.6 Å². The van der Waals surface area contributed by atoms with Crippen LogP contribution in [0.5, 0.6) is 0 Å². The normalized spacial score (nSPS) is 13.6. The summed E-state index contributed by atoms with van der Waals surface area (Å²) in [6.45, 7) is 3.56. The molecule has 106 valence electrons. The molecule has 1 rings (SSSR count). The molecule has 0 bridgehead atoms. The zero-order valence-corrected chi connectivity index (χ0v) is 11.8. The number of carbonyl (C=O) groups is 2. The number of urea groups is 1. The first-order valence-electron chi connectivity index (χ1n) is 5.64. The van der Waals surface area contributed by atoms with E-state index < -0.39 is 18.0 Å². The molecule has 0 aromatic carbocycles. The second-order valence-corrected chi connectivity index (χ2v) is 4.90. The maximum Gasteiger partial charge on any atom is 0.328 e. The predicted molar refractivity (Wildman–Crippen MR) is 70.2 cm³/mol. The monoisotopic (exact) mass is 287 g/mol. The Morgan fingerprint density at radius 3 is 2.68 bits per heavy atom. The standard InChI is InChI=1S/C11H17N3O4S/c1-6-5-19-9(12-6)7(2)13-11(17)14-8(4-18-3)10(15)16/h5,7-8H,4H2,1-3H3,(H,15,16)(H2,13,14,17). The summed E-state index contributed by atoms with van der Waals surface area (Å²) in [5, 5.41) is 16.5. The largest absolute Gasteiger partial charge is 0.480 e. The maximum atomic E-state index is 11.7. The number of amides is 2. The summed E-state index contributed by atoms with van der Waals surface area (Å²) in [5.41, 5.74) is 0.886. The molecule has 2 atom stereocenters. The highest BCUT2D eigenvalue weighted by Crippen LogP contribution is 2.17. The molecular formula is C11H17N3O4S. The van der Waals surface area contributed by atoms with Crippen LogP contribution >= 0.6 is 11.3 Å². The number of aryl methyl sites for hydroxylation is 1. The number of thiazole rings is 1. The number of hydrogen-bond acceptors (Lipinski definition) is 5. The lowest BCUT2D eigenvalue weighted by molar-refractivity contribution is -0.140. The van der Waals surface area contributed by atoms with Crippen molar-refractivity contribution in [1.82, 2.24) is 15.6 Å². The first kappa shape index (κ1) is 15.4. The summed E-state index contributed by atoms with van der Waals surface area (Å²) in [6.07, 6.45) is 0. The van der Waals surface area contributed by atoms with E-state index in [1.54, 1.807) is 6.92 Å². The number of nitrogens with one attached hydrogen (secondary N) is 2. The number of hydrogen-bond donors (Lipinski definition) is 3. The smallest absolute Gasteiger partial charge is 0.328 e. The Kier molecular flexibility index (Phi) is 5.71. The van der Waals surface area contributed by atoms with Crippen molar-refractivity contribution in [3.8, 4) is 0 Å². The summed E-state index contributed by atoms with van der Waals surface area (Å²) in [6, 6.07) is -1.92. The van der Waals surface area contributed by atoms with Gasteiger partial charge < -0.3 is 20.5 Å². The summed E-state index contributed by atoms with van der Waals surface area (Å²) >= 11 is 1.44. The van der Waals surface area contributed by atoms with Crippen LogP contribution in [0, 0.1) is 6.92 Å². The van der Waals surface area contributed by atoms with Gasteiger partial charge in [-0.3, -0.25) is 0 Å². The van der Waals surface area contributed by atoms with Crippen molar-refractivity contribution >= 4 is 23.3 Å². The molecule has 8 heteroatoms. The average Bonchev–Trinajstić information content (AvgIpc) is 2.75. The van der Waals surface area contributed by atoms with E-state index in [1.165, 1.54) is 18.4 Å². The first-order chi connectivity index (χ1) is 8.93. The average molecular weight is 287 g/mol. The Bertz CT molecular complexity index is 449. The van der Waals surface area contributed by atoms with E-state index in [1.807, 2.05) is 12.3 Å². The van der Waals surface area contributed by atoms with Crippen LogP contribution in [0.25, 0.3) is 0 Å². The summed E-state index contributed by atoms with van der Waals surface area (Å²) < 4.78 is 4.73. The Morgan fingerprint density at radius 2 is 2.21 bits per heavy atom. The SMILES string of the molecule is COCC(NC(=O)NC(C)c1nc(C)cs1)C(=O)O. The van der Waals surface area contributed by atoms with Crippen molar-refractivity contribution < 1.29 is 19.4 Å². The molecule has 0 fully saturated rings.